The van der Waals surface area contributed by atoms with E-state index in [1.165, 1.54) is 18.4 Å². The molecule has 1 saturated carbocycles. The first kappa shape index (κ1) is 13.4. The normalized spacial score (nSPS) is 26.1. The Labute approximate surface area is 111 Å². The third-order valence-corrected chi connectivity index (χ3v) is 4.03. The molecule has 2 atom stereocenters. The van der Waals surface area contributed by atoms with Crippen molar-refractivity contribution in [2.75, 3.05) is 19.7 Å². The molecule has 0 saturated heterocycles. The standard InChI is InChI=1S/C16H25NO/c1-4-10-17-12-13-11-16(13,3)14-8-6-7-9-15(14)18-5-2/h6-9,13,17H,4-5,10-12H2,1-3H3. The van der Waals surface area contributed by atoms with Crippen molar-refractivity contribution in [3.8, 4) is 5.75 Å². The number of para-hydroxylation sites is 1. The largest absolute Gasteiger partial charge is 0.494 e. The highest BCUT2D eigenvalue weighted by molar-refractivity contribution is 5.44. The molecule has 1 aromatic carbocycles. The van der Waals surface area contributed by atoms with E-state index in [1.54, 1.807) is 0 Å². The van der Waals surface area contributed by atoms with Crippen molar-refractivity contribution in [2.24, 2.45) is 5.92 Å². The molecule has 0 aromatic heterocycles. The third-order valence-electron chi connectivity index (χ3n) is 4.03. The molecule has 0 aliphatic heterocycles. The summed E-state index contributed by atoms with van der Waals surface area (Å²) in [5, 5.41) is 3.53. The molecule has 0 radical (unpaired) electrons. The molecule has 0 heterocycles. The lowest BCUT2D eigenvalue weighted by Crippen LogP contribution is -2.21. The summed E-state index contributed by atoms with van der Waals surface area (Å²) < 4.78 is 5.76. The van der Waals surface area contributed by atoms with Gasteiger partial charge in [-0.05, 0) is 44.8 Å². The maximum atomic E-state index is 5.76. The van der Waals surface area contributed by atoms with E-state index in [0.29, 0.717) is 5.41 Å². The van der Waals surface area contributed by atoms with Crippen LogP contribution in [0.4, 0.5) is 0 Å². The number of benzene rings is 1. The fraction of sp³-hybridized carbons (Fsp3) is 0.625. The van der Waals surface area contributed by atoms with Crippen LogP contribution in [-0.2, 0) is 5.41 Å². The zero-order valence-corrected chi connectivity index (χ0v) is 11.8. The number of nitrogens with one attached hydrogen (secondary N) is 1. The Balaban J connectivity index is 2.03. The van der Waals surface area contributed by atoms with Crippen molar-refractivity contribution in [2.45, 2.75) is 39.0 Å². The van der Waals surface area contributed by atoms with Crippen molar-refractivity contribution < 1.29 is 4.74 Å². The van der Waals surface area contributed by atoms with Gasteiger partial charge in [0.05, 0.1) is 6.61 Å². The predicted octanol–water partition coefficient (Wildman–Crippen LogP) is 3.36. The average molecular weight is 247 g/mol. The van der Waals surface area contributed by atoms with Gasteiger partial charge in [0.25, 0.3) is 0 Å². The molecular formula is C16H25NO. The average Bonchev–Trinajstić information content (AvgIpc) is 3.03. The molecule has 100 valence electrons. The van der Waals surface area contributed by atoms with E-state index in [4.69, 9.17) is 4.74 Å². The fourth-order valence-electron chi connectivity index (χ4n) is 2.75. The van der Waals surface area contributed by atoms with Gasteiger partial charge in [0.15, 0.2) is 0 Å². The molecule has 1 N–H and O–H groups in total. The Hall–Kier alpha value is -1.02. The van der Waals surface area contributed by atoms with Crippen LogP contribution in [0.5, 0.6) is 5.75 Å². The summed E-state index contributed by atoms with van der Waals surface area (Å²) in [7, 11) is 0. The Morgan fingerprint density at radius 3 is 2.83 bits per heavy atom. The smallest absolute Gasteiger partial charge is 0.123 e. The maximum absolute atomic E-state index is 5.76. The zero-order valence-electron chi connectivity index (χ0n) is 11.8. The summed E-state index contributed by atoms with van der Waals surface area (Å²) in [5.41, 5.74) is 1.70. The van der Waals surface area contributed by atoms with Crippen LogP contribution in [0.2, 0.25) is 0 Å². The van der Waals surface area contributed by atoms with Gasteiger partial charge in [0, 0.05) is 11.0 Å². The summed E-state index contributed by atoms with van der Waals surface area (Å²) in [6.07, 6.45) is 2.48. The van der Waals surface area contributed by atoms with E-state index in [0.717, 1.165) is 31.4 Å². The number of hydrogen-bond acceptors (Lipinski definition) is 2. The second-order valence-corrected chi connectivity index (χ2v) is 5.45. The minimum atomic E-state index is 0.312. The molecule has 2 rings (SSSR count). The lowest BCUT2D eigenvalue weighted by Gasteiger charge is -2.17. The first-order chi connectivity index (χ1) is 8.72. The van der Waals surface area contributed by atoms with Gasteiger partial charge < -0.3 is 10.1 Å². The quantitative estimate of drug-likeness (QED) is 0.746. The molecule has 0 bridgehead atoms. The van der Waals surface area contributed by atoms with Crippen LogP contribution < -0.4 is 10.1 Å². The third kappa shape index (κ3) is 2.69. The van der Waals surface area contributed by atoms with Crippen molar-refractivity contribution in [3.05, 3.63) is 29.8 Å². The predicted molar refractivity (Wildman–Crippen MR) is 76.2 cm³/mol. The molecule has 2 unspecified atom stereocenters. The highest BCUT2D eigenvalue weighted by Crippen LogP contribution is 2.55. The summed E-state index contributed by atoms with van der Waals surface area (Å²) in [5.74, 6) is 1.83. The van der Waals surface area contributed by atoms with E-state index < -0.39 is 0 Å². The molecule has 2 nitrogen and oxygen atoms in total. The Kier molecular flexibility index (Phi) is 4.28. The van der Waals surface area contributed by atoms with Crippen LogP contribution in [-0.4, -0.2) is 19.7 Å². The van der Waals surface area contributed by atoms with Crippen LogP contribution in [0.25, 0.3) is 0 Å². The van der Waals surface area contributed by atoms with Crippen molar-refractivity contribution >= 4 is 0 Å². The van der Waals surface area contributed by atoms with E-state index in [2.05, 4.69) is 43.4 Å². The fourth-order valence-corrected chi connectivity index (χ4v) is 2.75. The van der Waals surface area contributed by atoms with Gasteiger partial charge in [0.2, 0.25) is 0 Å². The second kappa shape index (κ2) is 5.75. The Bertz CT molecular complexity index is 390. The molecule has 0 spiro atoms. The number of ether oxygens (including phenoxy) is 1. The maximum Gasteiger partial charge on any atom is 0.123 e. The molecule has 2 heteroatoms. The Morgan fingerprint density at radius 2 is 2.11 bits per heavy atom. The van der Waals surface area contributed by atoms with Gasteiger partial charge in [0.1, 0.15) is 5.75 Å². The van der Waals surface area contributed by atoms with Crippen molar-refractivity contribution in [1.82, 2.24) is 5.32 Å². The van der Waals surface area contributed by atoms with Gasteiger partial charge >= 0.3 is 0 Å². The topological polar surface area (TPSA) is 21.3 Å². The SMILES string of the molecule is CCCNCC1CC1(C)c1ccccc1OCC. The lowest BCUT2D eigenvalue weighted by atomic mass is 9.94. The van der Waals surface area contributed by atoms with Gasteiger partial charge in [-0.3, -0.25) is 0 Å². The number of hydrogen-bond donors (Lipinski definition) is 1. The summed E-state index contributed by atoms with van der Waals surface area (Å²) in [6.45, 7) is 9.62. The van der Waals surface area contributed by atoms with Crippen LogP contribution in [0.1, 0.15) is 39.2 Å². The molecular weight excluding hydrogens is 222 g/mol. The van der Waals surface area contributed by atoms with Crippen molar-refractivity contribution in [1.29, 1.82) is 0 Å². The monoisotopic (exact) mass is 247 g/mol. The first-order valence-corrected chi connectivity index (χ1v) is 7.15. The van der Waals surface area contributed by atoms with Gasteiger partial charge in [-0.2, -0.15) is 0 Å². The molecule has 1 aliphatic rings. The highest BCUT2D eigenvalue weighted by Gasteiger charge is 2.51. The van der Waals surface area contributed by atoms with Crippen LogP contribution in [0, 0.1) is 5.92 Å². The zero-order chi connectivity index (χ0) is 13.0. The van der Waals surface area contributed by atoms with E-state index in [-0.39, 0.29) is 0 Å². The van der Waals surface area contributed by atoms with Gasteiger partial charge in [-0.1, -0.05) is 32.0 Å². The minimum absolute atomic E-state index is 0.312. The molecule has 18 heavy (non-hydrogen) atoms. The summed E-state index contributed by atoms with van der Waals surface area (Å²) in [4.78, 5) is 0. The molecule has 0 amide bonds. The molecule has 1 fully saturated rings. The van der Waals surface area contributed by atoms with Crippen LogP contribution in [0.3, 0.4) is 0 Å². The van der Waals surface area contributed by atoms with E-state index >= 15 is 0 Å². The molecule has 1 aliphatic carbocycles. The number of rotatable bonds is 7. The van der Waals surface area contributed by atoms with Gasteiger partial charge in [-0.25, -0.2) is 0 Å². The molecule has 1 aromatic rings. The summed E-state index contributed by atoms with van der Waals surface area (Å²) in [6, 6.07) is 8.51. The van der Waals surface area contributed by atoms with Crippen molar-refractivity contribution in [3.63, 3.8) is 0 Å². The van der Waals surface area contributed by atoms with Gasteiger partial charge in [-0.15, -0.1) is 0 Å². The second-order valence-electron chi connectivity index (χ2n) is 5.45. The first-order valence-electron chi connectivity index (χ1n) is 7.15. The summed E-state index contributed by atoms with van der Waals surface area (Å²) >= 11 is 0. The Morgan fingerprint density at radius 1 is 1.33 bits per heavy atom. The van der Waals surface area contributed by atoms with E-state index in [9.17, 15) is 0 Å². The minimum Gasteiger partial charge on any atom is -0.494 e. The highest BCUT2D eigenvalue weighted by atomic mass is 16.5. The lowest BCUT2D eigenvalue weighted by molar-refractivity contribution is 0.332. The van der Waals surface area contributed by atoms with E-state index in [1.807, 2.05) is 6.92 Å². The van der Waals surface area contributed by atoms with Crippen LogP contribution >= 0.6 is 0 Å². The van der Waals surface area contributed by atoms with Crippen LogP contribution in [0.15, 0.2) is 24.3 Å².